The van der Waals surface area contributed by atoms with Gasteiger partial charge in [-0.25, -0.2) is 0 Å². The number of hydrogen-bond acceptors (Lipinski definition) is 4. The minimum Gasteiger partial charge on any atom is -0.352 e. The van der Waals surface area contributed by atoms with Crippen LogP contribution in [0.5, 0.6) is 0 Å². The van der Waals surface area contributed by atoms with Gasteiger partial charge in [0.05, 0.1) is 32.3 Å². The van der Waals surface area contributed by atoms with Gasteiger partial charge in [-0.2, -0.15) is 0 Å². The van der Waals surface area contributed by atoms with Crippen molar-refractivity contribution >= 4 is 0 Å². The summed E-state index contributed by atoms with van der Waals surface area (Å²) in [5, 5.41) is 0. The minimum atomic E-state index is -0.139. The summed E-state index contributed by atoms with van der Waals surface area (Å²) in [6.45, 7) is 7.46. The molecule has 2 aliphatic heterocycles. The summed E-state index contributed by atoms with van der Waals surface area (Å²) in [5.74, 6) is 0.787. The van der Waals surface area contributed by atoms with Crippen molar-refractivity contribution in [2.24, 2.45) is 11.8 Å². The zero-order chi connectivity index (χ0) is 14.9. The van der Waals surface area contributed by atoms with E-state index >= 15 is 0 Å². The lowest BCUT2D eigenvalue weighted by Gasteiger charge is -2.37. The zero-order valence-corrected chi connectivity index (χ0v) is 13.7. The predicted molar refractivity (Wildman–Crippen MR) is 82.0 cm³/mol. The number of ether oxygens (including phenoxy) is 4. The lowest BCUT2D eigenvalue weighted by Crippen LogP contribution is -2.44. The average molecular weight is 300 g/mol. The molecule has 0 unspecified atom stereocenters. The van der Waals surface area contributed by atoms with Crippen LogP contribution in [0.2, 0.25) is 0 Å². The minimum absolute atomic E-state index is 0.0217. The van der Waals surface area contributed by atoms with E-state index in [1.165, 1.54) is 32.1 Å². The first-order valence-corrected chi connectivity index (χ1v) is 8.79. The van der Waals surface area contributed by atoms with Crippen LogP contribution >= 0.6 is 0 Å². The predicted octanol–water partition coefficient (Wildman–Crippen LogP) is 3.74. The summed E-state index contributed by atoms with van der Waals surface area (Å²) in [6, 6.07) is 0. The van der Waals surface area contributed by atoms with E-state index in [4.69, 9.17) is 18.9 Å². The summed E-state index contributed by atoms with van der Waals surface area (Å²) in [6.07, 6.45) is 8.26. The zero-order valence-electron chi connectivity index (χ0n) is 13.7. The topological polar surface area (TPSA) is 36.9 Å². The highest BCUT2D eigenvalue weighted by Gasteiger charge is 2.33. The quantitative estimate of drug-likeness (QED) is 0.640. The Morgan fingerprint density at radius 3 is 2.00 bits per heavy atom. The van der Waals surface area contributed by atoms with Crippen molar-refractivity contribution in [1.29, 1.82) is 0 Å². The van der Waals surface area contributed by atoms with E-state index in [-0.39, 0.29) is 18.5 Å². The molecule has 0 radical (unpaired) electrons. The molecule has 2 rings (SSSR count). The second kappa shape index (κ2) is 9.78. The Bertz CT molecular complexity index is 256. The van der Waals surface area contributed by atoms with Crippen LogP contribution in [0.4, 0.5) is 0 Å². The molecule has 4 nitrogen and oxygen atoms in total. The summed E-state index contributed by atoms with van der Waals surface area (Å²) in [4.78, 5) is 0. The molecule has 0 spiro atoms. The van der Waals surface area contributed by atoms with E-state index in [0.29, 0.717) is 19.1 Å². The molecule has 2 saturated heterocycles. The van der Waals surface area contributed by atoms with Crippen LogP contribution in [0.1, 0.15) is 58.8 Å². The molecule has 0 atom stereocenters. The van der Waals surface area contributed by atoms with Gasteiger partial charge >= 0.3 is 0 Å². The van der Waals surface area contributed by atoms with Crippen molar-refractivity contribution in [2.45, 2.75) is 71.4 Å². The van der Waals surface area contributed by atoms with E-state index in [0.717, 1.165) is 26.1 Å². The molecule has 4 heteroatoms. The molecule has 2 fully saturated rings. The lowest BCUT2D eigenvalue weighted by atomic mass is 10.0. The Kier molecular flexibility index (Phi) is 8.01. The van der Waals surface area contributed by atoms with Crippen LogP contribution in [0.25, 0.3) is 0 Å². The molecular formula is C17H32O4. The maximum Gasteiger partial charge on any atom is 0.164 e. The van der Waals surface area contributed by atoms with Crippen LogP contribution in [0.15, 0.2) is 0 Å². The fourth-order valence-corrected chi connectivity index (χ4v) is 2.93. The highest BCUT2D eigenvalue weighted by Crippen LogP contribution is 2.25. The number of unbranched alkanes of at least 4 members (excludes halogenated alkanes) is 3. The summed E-state index contributed by atoms with van der Waals surface area (Å²) < 4.78 is 23.3. The Morgan fingerprint density at radius 1 is 0.714 bits per heavy atom. The standard InChI is InChI=1S/C17H32O4/c1-3-5-7-8-14-10-20-17(21-11-14)15-12-18-16(19-13-15)9-6-4-2/h14-17H,3-13H2,1-2H3. The van der Waals surface area contributed by atoms with E-state index in [9.17, 15) is 0 Å². The Labute approximate surface area is 129 Å². The van der Waals surface area contributed by atoms with E-state index in [1.807, 2.05) is 0 Å². The van der Waals surface area contributed by atoms with Gasteiger partial charge in [0.2, 0.25) is 0 Å². The molecule has 0 amide bonds. The van der Waals surface area contributed by atoms with Gasteiger partial charge in [-0.05, 0) is 19.3 Å². The fraction of sp³-hybridized carbons (Fsp3) is 1.00. The molecule has 0 aliphatic carbocycles. The molecule has 2 heterocycles. The summed E-state index contributed by atoms with van der Waals surface area (Å²) in [7, 11) is 0. The van der Waals surface area contributed by atoms with Gasteiger partial charge in [0.1, 0.15) is 0 Å². The van der Waals surface area contributed by atoms with Crippen molar-refractivity contribution in [2.75, 3.05) is 26.4 Å². The van der Waals surface area contributed by atoms with Gasteiger partial charge in [-0.3, -0.25) is 0 Å². The number of rotatable bonds is 8. The largest absolute Gasteiger partial charge is 0.352 e. The van der Waals surface area contributed by atoms with Gasteiger partial charge < -0.3 is 18.9 Å². The maximum atomic E-state index is 5.89. The number of hydrogen-bond donors (Lipinski definition) is 0. The third-order valence-corrected chi connectivity index (χ3v) is 4.38. The van der Waals surface area contributed by atoms with Crippen molar-refractivity contribution in [3.05, 3.63) is 0 Å². The van der Waals surface area contributed by atoms with Crippen LogP contribution in [-0.2, 0) is 18.9 Å². The SMILES string of the molecule is CCCCCC1COC(C2COC(CCCC)OC2)OC1. The first kappa shape index (κ1) is 17.2. The summed E-state index contributed by atoms with van der Waals surface area (Å²) in [5.41, 5.74) is 0. The third kappa shape index (κ3) is 5.85. The van der Waals surface area contributed by atoms with E-state index in [2.05, 4.69) is 13.8 Å². The average Bonchev–Trinajstić information content (AvgIpc) is 2.54. The van der Waals surface area contributed by atoms with Crippen LogP contribution in [-0.4, -0.2) is 39.0 Å². The highest BCUT2D eigenvalue weighted by atomic mass is 16.7. The Balaban J connectivity index is 1.60. The molecule has 0 aromatic carbocycles. The first-order valence-electron chi connectivity index (χ1n) is 8.79. The summed E-state index contributed by atoms with van der Waals surface area (Å²) >= 11 is 0. The molecule has 0 N–H and O–H groups in total. The third-order valence-electron chi connectivity index (χ3n) is 4.38. The van der Waals surface area contributed by atoms with E-state index in [1.54, 1.807) is 0 Å². The molecule has 0 saturated carbocycles. The highest BCUT2D eigenvalue weighted by molar-refractivity contribution is 4.72. The van der Waals surface area contributed by atoms with Crippen molar-refractivity contribution in [3.8, 4) is 0 Å². The van der Waals surface area contributed by atoms with E-state index < -0.39 is 0 Å². The first-order chi connectivity index (χ1) is 10.3. The maximum absolute atomic E-state index is 5.89. The van der Waals surface area contributed by atoms with Gasteiger partial charge in [0.25, 0.3) is 0 Å². The fourth-order valence-electron chi connectivity index (χ4n) is 2.93. The molecule has 124 valence electrons. The van der Waals surface area contributed by atoms with Gasteiger partial charge in [-0.1, -0.05) is 39.5 Å². The molecule has 0 bridgehead atoms. The second-order valence-corrected chi connectivity index (χ2v) is 6.40. The Hall–Kier alpha value is -0.160. The second-order valence-electron chi connectivity index (χ2n) is 6.40. The molecule has 0 aromatic heterocycles. The molecule has 21 heavy (non-hydrogen) atoms. The van der Waals surface area contributed by atoms with Crippen LogP contribution < -0.4 is 0 Å². The van der Waals surface area contributed by atoms with Crippen LogP contribution in [0, 0.1) is 11.8 Å². The Morgan fingerprint density at radius 2 is 1.38 bits per heavy atom. The van der Waals surface area contributed by atoms with Crippen molar-refractivity contribution in [3.63, 3.8) is 0 Å². The van der Waals surface area contributed by atoms with Gasteiger partial charge in [0.15, 0.2) is 12.6 Å². The normalized spacial score (nSPS) is 34.0. The monoisotopic (exact) mass is 300 g/mol. The van der Waals surface area contributed by atoms with Crippen molar-refractivity contribution in [1.82, 2.24) is 0 Å². The van der Waals surface area contributed by atoms with Gasteiger partial charge in [-0.15, -0.1) is 0 Å². The smallest absolute Gasteiger partial charge is 0.164 e. The lowest BCUT2D eigenvalue weighted by molar-refractivity contribution is -0.281. The molecular weight excluding hydrogens is 268 g/mol. The van der Waals surface area contributed by atoms with Gasteiger partial charge in [0, 0.05) is 5.92 Å². The van der Waals surface area contributed by atoms with Crippen LogP contribution in [0.3, 0.4) is 0 Å². The van der Waals surface area contributed by atoms with Crippen molar-refractivity contribution < 1.29 is 18.9 Å². The molecule has 0 aromatic rings. The molecule has 2 aliphatic rings.